The number of carbonyl (C=O) groups is 1. The van der Waals surface area contributed by atoms with Gasteiger partial charge in [-0.25, -0.2) is 4.98 Å². The first-order valence-corrected chi connectivity index (χ1v) is 8.58. The Labute approximate surface area is 143 Å². The highest BCUT2D eigenvalue weighted by molar-refractivity contribution is 7.99. The molecule has 0 unspecified atom stereocenters. The van der Waals surface area contributed by atoms with E-state index < -0.39 is 5.91 Å². The monoisotopic (exact) mass is 339 g/mol. The fraction of sp³-hybridized carbons (Fsp3) is 0.167. The van der Waals surface area contributed by atoms with E-state index in [4.69, 9.17) is 0 Å². The second kappa shape index (κ2) is 7.31. The van der Waals surface area contributed by atoms with Crippen molar-refractivity contribution >= 4 is 23.3 Å². The molecule has 2 heterocycles. The van der Waals surface area contributed by atoms with Crippen molar-refractivity contribution in [2.75, 3.05) is 12.3 Å². The van der Waals surface area contributed by atoms with Gasteiger partial charge in [0.2, 0.25) is 0 Å². The van der Waals surface area contributed by atoms with Gasteiger partial charge in [-0.05, 0) is 30.7 Å². The molecule has 0 atom stereocenters. The van der Waals surface area contributed by atoms with Crippen molar-refractivity contribution in [2.24, 2.45) is 0 Å². The molecule has 1 N–H and O–H groups in total. The number of nitrogens with one attached hydrogen (secondary N) is 1. The molecule has 2 aromatic heterocycles. The highest BCUT2D eigenvalue weighted by atomic mass is 32.2. The Balaban J connectivity index is 1.66. The van der Waals surface area contributed by atoms with Gasteiger partial charge in [0.1, 0.15) is 11.2 Å². The first-order valence-electron chi connectivity index (χ1n) is 7.59. The standard InChI is InChI=1S/C18H17N3O2S/c1-13-7-8-16-20-11-15(18(23)21(16)12-13)17(22)19-9-10-24-14-5-3-2-4-6-14/h2-8,11-12H,9-10H2,1H3,(H,19,22). The molecule has 0 radical (unpaired) electrons. The lowest BCUT2D eigenvalue weighted by Gasteiger charge is -2.07. The molecule has 1 aromatic carbocycles. The molecule has 0 bridgehead atoms. The highest BCUT2D eigenvalue weighted by Crippen LogP contribution is 2.15. The number of benzene rings is 1. The van der Waals surface area contributed by atoms with Gasteiger partial charge in [0.05, 0.1) is 0 Å². The summed E-state index contributed by atoms with van der Waals surface area (Å²) in [5, 5.41) is 2.78. The average Bonchev–Trinajstić information content (AvgIpc) is 2.60. The molecule has 0 saturated carbocycles. The predicted octanol–water partition coefficient (Wildman–Crippen LogP) is 2.53. The van der Waals surface area contributed by atoms with E-state index >= 15 is 0 Å². The van der Waals surface area contributed by atoms with E-state index in [2.05, 4.69) is 10.3 Å². The Bertz CT molecular complexity index is 922. The molecule has 0 aliphatic carbocycles. The lowest BCUT2D eigenvalue weighted by Crippen LogP contribution is -2.32. The number of hydrogen-bond donors (Lipinski definition) is 1. The summed E-state index contributed by atoms with van der Waals surface area (Å²) in [6, 6.07) is 13.6. The zero-order chi connectivity index (χ0) is 16.9. The van der Waals surface area contributed by atoms with Gasteiger partial charge in [-0.2, -0.15) is 0 Å². The third kappa shape index (κ3) is 3.65. The minimum Gasteiger partial charge on any atom is -0.351 e. The minimum atomic E-state index is -0.392. The van der Waals surface area contributed by atoms with E-state index in [-0.39, 0.29) is 11.1 Å². The normalized spacial score (nSPS) is 10.7. The molecule has 3 aromatic rings. The van der Waals surface area contributed by atoms with E-state index in [1.807, 2.05) is 43.3 Å². The first kappa shape index (κ1) is 16.3. The largest absolute Gasteiger partial charge is 0.351 e. The summed E-state index contributed by atoms with van der Waals surface area (Å²) in [6.07, 6.45) is 3.03. The molecule has 0 fully saturated rings. The predicted molar refractivity (Wildman–Crippen MR) is 95.7 cm³/mol. The number of aryl methyl sites for hydroxylation is 1. The zero-order valence-corrected chi connectivity index (χ0v) is 14.0. The van der Waals surface area contributed by atoms with Gasteiger partial charge in [0, 0.05) is 29.6 Å². The fourth-order valence-electron chi connectivity index (χ4n) is 2.28. The van der Waals surface area contributed by atoms with E-state index in [9.17, 15) is 9.59 Å². The van der Waals surface area contributed by atoms with Crippen LogP contribution in [0.25, 0.3) is 5.65 Å². The molecule has 0 aliphatic heterocycles. The van der Waals surface area contributed by atoms with Crippen molar-refractivity contribution in [3.63, 3.8) is 0 Å². The number of aromatic nitrogens is 2. The van der Waals surface area contributed by atoms with Crippen LogP contribution in [-0.2, 0) is 0 Å². The Morgan fingerprint density at radius 1 is 1.21 bits per heavy atom. The van der Waals surface area contributed by atoms with E-state index in [1.54, 1.807) is 24.0 Å². The lowest BCUT2D eigenvalue weighted by molar-refractivity contribution is 0.0954. The van der Waals surface area contributed by atoms with Crippen molar-refractivity contribution in [3.05, 3.63) is 76.3 Å². The number of carbonyl (C=O) groups excluding carboxylic acids is 1. The van der Waals surface area contributed by atoms with Crippen LogP contribution in [-0.4, -0.2) is 27.6 Å². The summed E-state index contributed by atoms with van der Waals surface area (Å²) >= 11 is 1.65. The van der Waals surface area contributed by atoms with Gasteiger partial charge in [0.25, 0.3) is 11.5 Å². The van der Waals surface area contributed by atoms with Crippen LogP contribution < -0.4 is 10.9 Å². The molecule has 0 saturated heterocycles. The van der Waals surface area contributed by atoms with E-state index in [1.165, 1.54) is 10.6 Å². The molecular weight excluding hydrogens is 322 g/mol. The molecular formula is C18H17N3O2S. The van der Waals surface area contributed by atoms with Crippen LogP contribution >= 0.6 is 11.8 Å². The SMILES string of the molecule is Cc1ccc2ncc(C(=O)NCCSc3ccccc3)c(=O)n2c1. The van der Waals surface area contributed by atoms with Crippen molar-refractivity contribution in [1.29, 1.82) is 0 Å². The molecule has 1 amide bonds. The summed E-state index contributed by atoms with van der Waals surface area (Å²) in [7, 11) is 0. The Morgan fingerprint density at radius 3 is 2.79 bits per heavy atom. The summed E-state index contributed by atoms with van der Waals surface area (Å²) in [5.74, 6) is 0.342. The van der Waals surface area contributed by atoms with Gasteiger partial charge >= 0.3 is 0 Å². The molecule has 122 valence electrons. The smallest absolute Gasteiger partial charge is 0.270 e. The molecule has 0 aliphatic rings. The first-order chi connectivity index (χ1) is 11.6. The van der Waals surface area contributed by atoms with Crippen LogP contribution in [0.5, 0.6) is 0 Å². The molecule has 3 rings (SSSR count). The number of amides is 1. The van der Waals surface area contributed by atoms with E-state index in [0.717, 1.165) is 16.2 Å². The second-order valence-electron chi connectivity index (χ2n) is 5.33. The fourth-order valence-corrected chi connectivity index (χ4v) is 3.07. The van der Waals surface area contributed by atoms with Gasteiger partial charge in [-0.15, -0.1) is 11.8 Å². The molecule has 0 spiro atoms. The third-order valence-corrected chi connectivity index (χ3v) is 4.51. The Morgan fingerprint density at radius 2 is 2.00 bits per heavy atom. The minimum absolute atomic E-state index is 0.0582. The van der Waals surface area contributed by atoms with Crippen LogP contribution in [0.4, 0.5) is 0 Å². The maximum absolute atomic E-state index is 12.4. The van der Waals surface area contributed by atoms with Crippen molar-refractivity contribution in [2.45, 2.75) is 11.8 Å². The molecule has 24 heavy (non-hydrogen) atoms. The van der Waals surface area contributed by atoms with Crippen LogP contribution in [0.1, 0.15) is 15.9 Å². The van der Waals surface area contributed by atoms with Gasteiger partial charge in [0.15, 0.2) is 0 Å². The maximum Gasteiger partial charge on any atom is 0.270 e. The van der Waals surface area contributed by atoms with E-state index in [0.29, 0.717) is 12.2 Å². The zero-order valence-electron chi connectivity index (χ0n) is 13.2. The number of thioether (sulfide) groups is 1. The van der Waals surface area contributed by atoms with Crippen LogP contribution in [0.3, 0.4) is 0 Å². The molecule has 6 heteroatoms. The van der Waals surface area contributed by atoms with Crippen LogP contribution in [0, 0.1) is 6.92 Å². The van der Waals surface area contributed by atoms with Crippen molar-refractivity contribution < 1.29 is 4.79 Å². The number of rotatable bonds is 5. The quantitative estimate of drug-likeness (QED) is 0.573. The number of hydrogen-bond acceptors (Lipinski definition) is 4. The van der Waals surface area contributed by atoms with Gasteiger partial charge in [-0.3, -0.25) is 14.0 Å². The van der Waals surface area contributed by atoms with Crippen LogP contribution in [0.2, 0.25) is 0 Å². The number of fused-ring (bicyclic) bond motifs is 1. The lowest BCUT2D eigenvalue weighted by atomic mass is 10.2. The van der Waals surface area contributed by atoms with Gasteiger partial charge < -0.3 is 5.32 Å². The van der Waals surface area contributed by atoms with Crippen molar-refractivity contribution in [3.8, 4) is 0 Å². The number of nitrogens with zero attached hydrogens (tertiary/aromatic N) is 2. The van der Waals surface area contributed by atoms with Crippen molar-refractivity contribution in [1.82, 2.24) is 14.7 Å². The Hall–Kier alpha value is -2.60. The summed E-state index contributed by atoms with van der Waals surface area (Å²) in [4.78, 5) is 30.0. The average molecular weight is 339 g/mol. The summed E-state index contributed by atoms with van der Waals surface area (Å²) < 4.78 is 1.41. The van der Waals surface area contributed by atoms with Crippen LogP contribution in [0.15, 0.2) is 64.5 Å². The summed E-state index contributed by atoms with van der Waals surface area (Å²) in [6.45, 7) is 2.37. The van der Waals surface area contributed by atoms with Gasteiger partial charge in [-0.1, -0.05) is 24.3 Å². The summed E-state index contributed by atoms with van der Waals surface area (Å²) in [5.41, 5.74) is 1.17. The number of pyridine rings is 1. The topological polar surface area (TPSA) is 63.5 Å². The maximum atomic E-state index is 12.4. The second-order valence-corrected chi connectivity index (χ2v) is 6.50. The molecule has 5 nitrogen and oxygen atoms in total. The Kier molecular flexibility index (Phi) is 4.96. The third-order valence-electron chi connectivity index (χ3n) is 3.49. The highest BCUT2D eigenvalue weighted by Gasteiger charge is 2.12.